The van der Waals surface area contributed by atoms with E-state index in [0.29, 0.717) is 12.0 Å². The smallest absolute Gasteiger partial charge is 0.326 e. The van der Waals surface area contributed by atoms with Crippen LogP contribution in [0.5, 0.6) is 0 Å². The highest BCUT2D eigenvalue weighted by Gasteiger charge is 2.33. The second-order valence-electron chi connectivity index (χ2n) is 7.19. The Hall–Kier alpha value is -0.610. The first kappa shape index (κ1) is 18.4. The molecule has 1 fully saturated rings. The van der Waals surface area contributed by atoms with Gasteiger partial charge in [-0.05, 0) is 71.1 Å². The number of hydrogen-bond donors (Lipinski definition) is 1. The van der Waals surface area contributed by atoms with E-state index in [1.165, 1.54) is 25.9 Å². The summed E-state index contributed by atoms with van der Waals surface area (Å²) in [6.07, 6.45) is 4.41. The molecule has 0 aromatic rings. The fourth-order valence-electron chi connectivity index (χ4n) is 2.98. The molecule has 0 aliphatic carbocycles. The van der Waals surface area contributed by atoms with Crippen LogP contribution in [0.3, 0.4) is 0 Å². The molecule has 1 unspecified atom stereocenters. The maximum absolute atomic E-state index is 12.1. The molecule has 1 saturated heterocycles. The molecule has 4 heteroatoms. The average molecular weight is 298 g/mol. The largest absolute Gasteiger partial charge is 0.465 e. The van der Waals surface area contributed by atoms with Gasteiger partial charge in [-0.3, -0.25) is 4.79 Å². The summed E-state index contributed by atoms with van der Waals surface area (Å²) in [5, 5.41) is 3.30. The standard InChI is InChI=1S/C17H34N2O2/c1-6-18-17(5,15(20)21-7-2)9-8-12-19-13-10-16(3,4)11-14-19/h18H,6-14H2,1-5H3. The summed E-state index contributed by atoms with van der Waals surface area (Å²) in [5.41, 5.74) is -0.0421. The number of nitrogens with zero attached hydrogens (tertiary/aromatic N) is 1. The molecule has 0 spiro atoms. The number of carbonyl (C=O) groups is 1. The molecule has 1 N–H and O–H groups in total. The van der Waals surface area contributed by atoms with Gasteiger partial charge in [0.15, 0.2) is 0 Å². The molecule has 21 heavy (non-hydrogen) atoms. The minimum Gasteiger partial charge on any atom is -0.465 e. The molecular formula is C17H34N2O2. The summed E-state index contributed by atoms with van der Waals surface area (Å²) < 4.78 is 5.21. The quantitative estimate of drug-likeness (QED) is 0.700. The van der Waals surface area contributed by atoms with Crippen LogP contribution in [0.15, 0.2) is 0 Å². The minimum absolute atomic E-state index is 0.119. The van der Waals surface area contributed by atoms with Crippen molar-refractivity contribution in [1.29, 1.82) is 0 Å². The molecular weight excluding hydrogens is 264 g/mol. The van der Waals surface area contributed by atoms with Gasteiger partial charge in [-0.1, -0.05) is 20.8 Å². The second-order valence-corrected chi connectivity index (χ2v) is 7.19. The Morgan fingerprint density at radius 3 is 2.43 bits per heavy atom. The Bertz CT molecular complexity index is 321. The molecule has 0 aromatic carbocycles. The zero-order chi connectivity index (χ0) is 15.9. The van der Waals surface area contributed by atoms with Crippen LogP contribution >= 0.6 is 0 Å². The van der Waals surface area contributed by atoms with Gasteiger partial charge in [-0.15, -0.1) is 0 Å². The van der Waals surface area contributed by atoms with E-state index in [9.17, 15) is 4.79 Å². The van der Waals surface area contributed by atoms with Crippen LogP contribution < -0.4 is 5.32 Å². The minimum atomic E-state index is -0.542. The lowest BCUT2D eigenvalue weighted by atomic mass is 9.82. The second kappa shape index (κ2) is 8.14. The number of hydrogen-bond acceptors (Lipinski definition) is 4. The summed E-state index contributed by atoms with van der Waals surface area (Å²) in [4.78, 5) is 14.7. The van der Waals surface area contributed by atoms with Gasteiger partial charge in [0, 0.05) is 0 Å². The molecule has 0 saturated carbocycles. The maximum Gasteiger partial charge on any atom is 0.326 e. The highest BCUT2D eigenvalue weighted by molar-refractivity contribution is 5.80. The average Bonchev–Trinajstić information content (AvgIpc) is 2.41. The molecule has 1 aliphatic rings. The fourth-order valence-corrected chi connectivity index (χ4v) is 2.98. The Kier molecular flexibility index (Phi) is 7.14. The number of piperidine rings is 1. The molecule has 1 rings (SSSR count). The summed E-state index contributed by atoms with van der Waals surface area (Å²) in [7, 11) is 0. The summed E-state index contributed by atoms with van der Waals surface area (Å²) in [6.45, 7) is 15.2. The predicted octanol–water partition coefficient (Wildman–Crippen LogP) is 2.82. The molecule has 1 atom stereocenters. The van der Waals surface area contributed by atoms with Crippen molar-refractivity contribution in [2.45, 2.75) is 65.8 Å². The summed E-state index contributed by atoms with van der Waals surface area (Å²) in [6, 6.07) is 0. The van der Waals surface area contributed by atoms with Crippen molar-refractivity contribution in [1.82, 2.24) is 10.2 Å². The number of nitrogens with one attached hydrogen (secondary N) is 1. The first-order valence-corrected chi connectivity index (χ1v) is 8.47. The first-order valence-electron chi connectivity index (χ1n) is 8.47. The SMILES string of the molecule is CCNC(C)(CCCN1CCC(C)(C)CC1)C(=O)OCC. The Morgan fingerprint density at radius 2 is 1.90 bits per heavy atom. The predicted molar refractivity (Wildman–Crippen MR) is 87.4 cm³/mol. The van der Waals surface area contributed by atoms with Crippen LogP contribution in [0.4, 0.5) is 0 Å². The molecule has 0 bridgehead atoms. The highest BCUT2D eigenvalue weighted by Crippen LogP contribution is 2.29. The van der Waals surface area contributed by atoms with Gasteiger partial charge in [-0.25, -0.2) is 0 Å². The van der Waals surface area contributed by atoms with Crippen LogP contribution in [-0.2, 0) is 9.53 Å². The van der Waals surface area contributed by atoms with Crippen molar-refractivity contribution in [3.8, 4) is 0 Å². The summed E-state index contributed by atoms with van der Waals surface area (Å²) >= 11 is 0. The Morgan fingerprint density at radius 1 is 1.29 bits per heavy atom. The molecule has 0 amide bonds. The van der Waals surface area contributed by atoms with Crippen molar-refractivity contribution in [3.63, 3.8) is 0 Å². The van der Waals surface area contributed by atoms with E-state index in [0.717, 1.165) is 25.9 Å². The molecule has 4 nitrogen and oxygen atoms in total. The third kappa shape index (κ3) is 5.95. The van der Waals surface area contributed by atoms with Crippen LogP contribution in [-0.4, -0.2) is 49.2 Å². The van der Waals surface area contributed by atoms with E-state index in [4.69, 9.17) is 4.74 Å². The zero-order valence-corrected chi connectivity index (χ0v) is 14.6. The third-order valence-electron chi connectivity index (χ3n) is 4.65. The first-order chi connectivity index (χ1) is 9.83. The summed E-state index contributed by atoms with van der Waals surface area (Å²) in [5.74, 6) is -0.119. The Balaban J connectivity index is 2.38. The lowest BCUT2D eigenvalue weighted by Crippen LogP contribution is -2.51. The number of likely N-dealkylation sites (N-methyl/N-ethyl adjacent to an activating group) is 1. The fraction of sp³-hybridized carbons (Fsp3) is 0.941. The van der Waals surface area contributed by atoms with E-state index in [1.54, 1.807) is 0 Å². The zero-order valence-electron chi connectivity index (χ0n) is 14.6. The molecule has 0 radical (unpaired) electrons. The topological polar surface area (TPSA) is 41.6 Å². The van der Waals surface area contributed by atoms with Crippen LogP contribution in [0.25, 0.3) is 0 Å². The van der Waals surface area contributed by atoms with Crippen molar-refractivity contribution in [2.75, 3.05) is 32.8 Å². The van der Waals surface area contributed by atoms with Crippen molar-refractivity contribution < 1.29 is 9.53 Å². The van der Waals surface area contributed by atoms with E-state index >= 15 is 0 Å². The highest BCUT2D eigenvalue weighted by atomic mass is 16.5. The number of carbonyl (C=O) groups excluding carboxylic acids is 1. The van der Waals surface area contributed by atoms with Gasteiger partial charge in [0.25, 0.3) is 0 Å². The van der Waals surface area contributed by atoms with Crippen LogP contribution in [0.1, 0.15) is 60.3 Å². The van der Waals surface area contributed by atoms with Crippen molar-refractivity contribution in [2.24, 2.45) is 5.41 Å². The number of likely N-dealkylation sites (tertiary alicyclic amines) is 1. The van der Waals surface area contributed by atoms with Gasteiger partial charge in [0.05, 0.1) is 6.61 Å². The van der Waals surface area contributed by atoms with E-state index in [1.807, 2.05) is 20.8 Å². The lowest BCUT2D eigenvalue weighted by Gasteiger charge is -2.37. The molecule has 0 aromatic heterocycles. The van der Waals surface area contributed by atoms with Gasteiger partial charge >= 0.3 is 5.97 Å². The Labute approximate surface area is 130 Å². The monoisotopic (exact) mass is 298 g/mol. The van der Waals surface area contributed by atoms with E-state index in [2.05, 4.69) is 24.1 Å². The number of ether oxygens (including phenoxy) is 1. The van der Waals surface area contributed by atoms with Gasteiger partial charge in [0.1, 0.15) is 5.54 Å². The van der Waals surface area contributed by atoms with Gasteiger partial charge < -0.3 is 15.0 Å². The van der Waals surface area contributed by atoms with Crippen molar-refractivity contribution >= 4 is 5.97 Å². The van der Waals surface area contributed by atoms with E-state index < -0.39 is 5.54 Å². The molecule has 1 heterocycles. The molecule has 1 aliphatic heterocycles. The van der Waals surface area contributed by atoms with Gasteiger partial charge in [0.2, 0.25) is 0 Å². The normalized spacial score (nSPS) is 21.8. The van der Waals surface area contributed by atoms with Crippen LogP contribution in [0.2, 0.25) is 0 Å². The molecule has 124 valence electrons. The maximum atomic E-state index is 12.1. The van der Waals surface area contributed by atoms with Gasteiger partial charge in [-0.2, -0.15) is 0 Å². The van der Waals surface area contributed by atoms with Crippen molar-refractivity contribution in [3.05, 3.63) is 0 Å². The van der Waals surface area contributed by atoms with E-state index in [-0.39, 0.29) is 5.97 Å². The van der Waals surface area contributed by atoms with Crippen LogP contribution in [0, 0.1) is 5.41 Å². The number of rotatable bonds is 8. The lowest BCUT2D eigenvalue weighted by molar-refractivity contribution is -0.150. The third-order valence-corrected chi connectivity index (χ3v) is 4.65. The number of esters is 1.